The van der Waals surface area contributed by atoms with Crippen molar-refractivity contribution < 1.29 is 13.6 Å². The van der Waals surface area contributed by atoms with Gasteiger partial charge in [0.05, 0.1) is 5.02 Å². The Morgan fingerprint density at radius 1 is 1.19 bits per heavy atom. The van der Waals surface area contributed by atoms with Gasteiger partial charge in [-0.05, 0) is 61.1 Å². The number of benzene rings is 2. The first-order chi connectivity index (χ1) is 12.4. The normalized spacial score (nSPS) is 14.9. The summed E-state index contributed by atoms with van der Waals surface area (Å²) < 4.78 is 27.3. The van der Waals surface area contributed by atoms with Gasteiger partial charge >= 0.3 is 0 Å². The topological polar surface area (TPSA) is 29.1 Å². The number of rotatable bonds is 7. The predicted molar refractivity (Wildman–Crippen MR) is 103 cm³/mol. The summed E-state index contributed by atoms with van der Waals surface area (Å²) in [6.45, 7) is 2.16. The predicted octanol–water partition coefficient (Wildman–Crippen LogP) is 6.54. The molecule has 3 rings (SSSR count). The van der Waals surface area contributed by atoms with E-state index in [4.69, 9.17) is 11.6 Å². The van der Waals surface area contributed by atoms with Crippen LogP contribution in [0.4, 0.5) is 14.5 Å². The van der Waals surface area contributed by atoms with Gasteiger partial charge in [0.2, 0.25) is 0 Å². The Balaban J connectivity index is 1.69. The van der Waals surface area contributed by atoms with Crippen LogP contribution in [0.2, 0.25) is 5.02 Å². The molecular weight excluding hydrogens is 376 g/mol. The molecule has 1 fully saturated rings. The highest BCUT2D eigenvalue weighted by Crippen LogP contribution is 2.52. The number of carbonyl (C=O) groups excluding carboxylic acids is 1. The summed E-state index contributed by atoms with van der Waals surface area (Å²) in [5.41, 5.74) is 1.09. The van der Waals surface area contributed by atoms with E-state index in [2.05, 4.69) is 12.2 Å². The largest absolute Gasteiger partial charge is 0.322 e. The summed E-state index contributed by atoms with van der Waals surface area (Å²) in [5, 5.41) is 2.59. The standard InChI is InChI=1S/C20H20ClF2NOS/c1-2-7-20(8-9-20)12-26-18-10-13(3-5-17(18)23)19(25)24-14-4-6-16(22)15(21)11-14/h3-6,10-11H,2,7-9,12H2,1H3,(H,24,25). The van der Waals surface area contributed by atoms with Crippen LogP contribution in [0, 0.1) is 17.0 Å². The maximum Gasteiger partial charge on any atom is 0.255 e. The lowest BCUT2D eigenvalue weighted by molar-refractivity contribution is 0.102. The number of hydrogen-bond acceptors (Lipinski definition) is 2. The molecule has 2 aromatic carbocycles. The maximum atomic E-state index is 14.1. The summed E-state index contributed by atoms with van der Waals surface area (Å²) in [6.07, 6.45) is 4.68. The van der Waals surface area contributed by atoms with Crippen LogP contribution in [0.3, 0.4) is 0 Å². The average molecular weight is 396 g/mol. The number of thioether (sulfide) groups is 1. The fraction of sp³-hybridized carbons (Fsp3) is 0.350. The van der Waals surface area contributed by atoms with E-state index in [-0.39, 0.29) is 16.7 Å². The Labute approximate surface area is 161 Å². The monoisotopic (exact) mass is 395 g/mol. The molecule has 0 bridgehead atoms. The van der Waals surface area contributed by atoms with Gasteiger partial charge in [0.15, 0.2) is 0 Å². The van der Waals surface area contributed by atoms with Crippen LogP contribution >= 0.6 is 23.4 Å². The quantitative estimate of drug-likeness (QED) is 0.539. The van der Waals surface area contributed by atoms with Crippen molar-refractivity contribution in [1.29, 1.82) is 0 Å². The van der Waals surface area contributed by atoms with Crippen molar-refractivity contribution in [2.24, 2.45) is 5.41 Å². The van der Waals surface area contributed by atoms with E-state index in [0.29, 0.717) is 21.6 Å². The Bertz CT molecular complexity index is 823. The zero-order valence-electron chi connectivity index (χ0n) is 14.5. The van der Waals surface area contributed by atoms with Crippen molar-refractivity contribution in [1.82, 2.24) is 0 Å². The maximum absolute atomic E-state index is 14.1. The molecule has 0 unspecified atom stereocenters. The zero-order valence-corrected chi connectivity index (χ0v) is 16.0. The first-order valence-corrected chi connectivity index (χ1v) is 9.97. The molecule has 26 heavy (non-hydrogen) atoms. The fourth-order valence-electron chi connectivity index (χ4n) is 2.94. The van der Waals surface area contributed by atoms with Gasteiger partial charge in [-0.15, -0.1) is 11.8 Å². The number of carbonyl (C=O) groups is 1. The molecule has 6 heteroatoms. The molecule has 1 aliphatic rings. The van der Waals surface area contributed by atoms with Crippen LogP contribution in [0.15, 0.2) is 41.3 Å². The lowest BCUT2D eigenvalue weighted by Crippen LogP contribution is -2.12. The summed E-state index contributed by atoms with van der Waals surface area (Å²) in [7, 11) is 0. The molecule has 1 aliphatic carbocycles. The minimum atomic E-state index is -0.550. The van der Waals surface area contributed by atoms with Crippen molar-refractivity contribution in [3.63, 3.8) is 0 Å². The Kier molecular flexibility index (Phi) is 5.88. The molecule has 0 aliphatic heterocycles. The van der Waals surface area contributed by atoms with Crippen LogP contribution < -0.4 is 5.32 Å². The molecule has 1 N–H and O–H groups in total. The van der Waals surface area contributed by atoms with Crippen LogP contribution in [0.25, 0.3) is 0 Å². The van der Waals surface area contributed by atoms with Gasteiger partial charge in [0.1, 0.15) is 11.6 Å². The van der Waals surface area contributed by atoms with Gasteiger partial charge in [-0.1, -0.05) is 24.9 Å². The van der Waals surface area contributed by atoms with Gasteiger partial charge in [-0.3, -0.25) is 4.79 Å². The fourth-order valence-corrected chi connectivity index (χ4v) is 4.43. The highest BCUT2D eigenvalue weighted by Gasteiger charge is 2.41. The van der Waals surface area contributed by atoms with Crippen molar-refractivity contribution in [2.45, 2.75) is 37.5 Å². The van der Waals surface area contributed by atoms with E-state index in [9.17, 15) is 13.6 Å². The molecule has 0 radical (unpaired) electrons. The summed E-state index contributed by atoms with van der Waals surface area (Å²) >= 11 is 7.20. The van der Waals surface area contributed by atoms with Crippen LogP contribution in [0.5, 0.6) is 0 Å². The van der Waals surface area contributed by atoms with Crippen LogP contribution in [0.1, 0.15) is 43.0 Å². The lowest BCUT2D eigenvalue weighted by Gasteiger charge is -2.14. The number of nitrogens with one attached hydrogen (secondary N) is 1. The lowest BCUT2D eigenvalue weighted by atomic mass is 10.0. The zero-order chi connectivity index (χ0) is 18.7. The highest BCUT2D eigenvalue weighted by molar-refractivity contribution is 7.99. The third-order valence-electron chi connectivity index (χ3n) is 4.64. The van der Waals surface area contributed by atoms with Gasteiger partial charge in [0.25, 0.3) is 5.91 Å². The second kappa shape index (κ2) is 7.97. The summed E-state index contributed by atoms with van der Waals surface area (Å²) in [4.78, 5) is 12.9. The smallest absolute Gasteiger partial charge is 0.255 e. The molecule has 2 nitrogen and oxygen atoms in total. The second-order valence-electron chi connectivity index (χ2n) is 6.77. The van der Waals surface area contributed by atoms with Crippen molar-refractivity contribution in [3.8, 4) is 0 Å². The summed E-state index contributed by atoms with van der Waals surface area (Å²) in [6, 6.07) is 8.29. The van der Waals surface area contributed by atoms with E-state index in [1.54, 1.807) is 6.07 Å². The summed E-state index contributed by atoms with van der Waals surface area (Å²) in [5.74, 6) is -0.379. The minimum Gasteiger partial charge on any atom is -0.322 e. The van der Waals surface area contributed by atoms with Gasteiger partial charge in [-0.25, -0.2) is 8.78 Å². The number of amides is 1. The van der Waals surface area contributed by atoms with Gasteiger partial charge in [-0.2, -0.15) is 0 Å². The third-order valence-corrected chi connectivity index (χ3v) is 6.31. The first kappa shape index (κ1) is 19.2. The molecule has 1 saturated carbocycles. The number of halogens is 3. The minimum absolute atomic E-state index is 0.0659. The Morgan fingerprint density at radius 2 is 1.92 bits per heavy atom. The molecule has 2 aromatic rings. The molecule has 0 heterocycles. The molecule has 0 aromatic heterocycles. The van der Waals surface area contributed by atoms with Crippen LogP contribution in [-0.4, -0.2) is 11.7 Å². The average Bonchev–Trinajstić information content (AvgIpc) is 3.37. The molecule has 138 valence electrons. The van der Waals surface area contributed by atoms with E-state index in [1.165, 1.54) is 54.9 Å². The van der Waals surface area contributed by atoms with Crippen molar-refractivity contribution in [3.05, 3.63) is 58.6 Å². The van der Waals surface area contributed by atoms with E-state index >= 15 is 0 Å². The van der Waals surface area contributed by atoms with Crippen LogP contribution in [-0.2, 0) is 0 Å². The third kappa shape index (κ3) is 4.57. The molecular formula is C20H20ClF2NOS. The SMILES string of the molecule is CCCC1(CSc2cc(C(=O)Nc3ccc(F)c(Cl)c3)ccc2F)CC1. The van der Waals surface area contributed by atoms with E-state index in [1.807, 2.05) is 0 Å². The Morgan fingerprint density at radius 3 is 2.58 bits per heavy atom. The van der Waals surface area contributed by atoms with Gasteiger partial charge < -0.3 is 5.32 Å². The van der Waals surface area contributed by atoms with Crippen molar-refractivity contribution in [2.75, 3.05) is 11.1 Å². The second-order valence-corrected chi connectivity index (χ2v) is 8.19. The first-order valence-electron chi connectivity index (χ1n) is 8.61. The van der Waals surface area contributed by atoms with E-state index < -0.39 is 5.82 Å². The Hall–Kier alpha value is -1.59. The van der Waals surface area contributed by atoms with Gasteiger partial charge in [0, 0.05) is 21.9 Å². The molecule has 0 atom stereocenters. The van der Waals surface area contributed by atoms with E-state index in [0.717, 1.165) is 18.6 Å². The number of anilines is 1. The molecule has 1 amide bonds. The van der Waals surface area contributed by atoms with Crippen molar-refractivity contribution >= 4 is 35.0 Å². The number of hydrogen-bond donors (Lipinski definition) is 1. The molecule has 0 spiro atoms. The highest BCUT2D eigenvalue weighted by atomic mass is 35.5. The molecule has 0 saturated heterocycles.